The minimum absolute atomic E-state index is 0.108. The first kappa shape index (κ1) is 12.4. The van der Waals surface area contributed by atoms with Gasteiger partial charge in [-0.25, -0.2) is 9.67 Å². The molecule has 4 atom stereocenters. The molecule has 8 heteroatoms. The minimum atomic E-state index is -1.24. The van der Waals surface area contributed by atoms with Crippen molar-refractivity contribution in [1.29, 1.82) is 0 Å². The standard InChI is InChI=1S/C11H13N3O5/c15-4-7-8(17)9(18)11(19-7)14-10-5(3-13-14)6(16)1-2-12-10/h2-3,7-9,11,15,17-18H,1,4H2/t7-,8-,9-,11?/m1/s1. The zero-order valence-corrected chi connectivity index (χ0v) is 9.88. The highest BCUT2D eigenvalue weighted by atomic mass is 16.6. The van der Waals surface area contributed by atoms with Crippen molar-refractivity contribution in [2.75, 3.05) is 6.61 Å². The summed E-state index contributed by atoms with van der Waals surface area (Å²) in [7, 11) is 0. The fraction of sp³-hybridized carbons (Fsp3) is 0.545. The van der Waals surface area contributed by atoms with Gasteiger partial charge in [0.2, 0.25) is 0 Å². The lowest BCUT2D eigenvalue weighted by molar-refractivity contribution is -0.0576. The predicted molar refractivity (Wildman–Crippen MR) is 62.3 cm³/mol. The maximum absolute atomic E-state index is 11.6. The van der Waals surface area contributed by atoms with Crippen molar-refractivity contribution in [2.45, 2.75) is 31.0 Å². The zero-order chi connectivity index (χ0) is 13.6. The third-order valence-corrected chi connectivity index (χ3v) is 3.32. The van der Waals surface area contributed by atoms with E-state index in [2.05, 4.69) is 10.1 Å². The van der Waals surface area contributed by atoms with E-state index >= 15 is 0 Å². The van der Waals surface area contributed by atoms with Gasteiger partial charge in [0.1, 0.15) is 18.3 Å². The van der Waals surface area contributed by atoms with E-state index in [-0.39, 0.29) is 12.2 Å². The number of hydrogen-bond donors (Lipinski definition) is 3. The molecule has 102 valence electrons. The van der Waals surface area contributed by atoms with E-state index in [0.29, 0.717) is 11.4 Å². The molecule has 0 radical (unpaired) electrons. The Hall–Kier alpha value is -1.61. The Bertz CT molecular complexity index is 540. The van der Waals surface area contributed by atoms with Crippen molar-refractivity contribution < 1.29 is 24.9 Å². The number of fused-ring (bicyclic) bond motifs is 1. The molecule has 1 fully saturated rings. The second kappa shape index (κ2) is 4.49. The van der Waals surface area contributed by atoms with Crippen LogP contribution in [0.25, 0.3) is 0 Å². The van der Waals surface area contributed by atoms with Crippen LogP contribution in [0.5, 0.6) is 0 Å². The van der Waals surface area contributed by atoms with Crippen molar-refractivity contribution in [2.24, 2.45) is 4.99 Å². The van der Waals surface area contributed by atoms with Gasteiger partial charge in [0.25, 0.3) is 0 Å². The van der Waals surface area contributed by atoms with Gasteiger partial charge in [0.15, 0.2) is 17.8 Å². The van der Waals surface area contributed by atoms with Gasteiger partial charge < -0.3 is 20.1 Å². The van der Waals surface area contributed by atoms with Crippen molar-refractivity contribution in [1.82, 2.24) is 9.78 Å². The van der Waals surface area contributed by atoms with Gasteiger partial charge in [-0.3, -0.25) is 4.79 Å². The van der Waals surface area contributed by atoms with E-state index in [1.807, 2.05) is 0 Å². The monoisotopic (exact) mass is 267 g/mol. The van der Waals surface area contributed by atoms with Gasteiger partial charge in [0, 0.05) is 12.6 Å². The maximum Gasteiger partial charge on any atom is 0.181 e. The van der Waals surface area contributed by atoms with Crippen LogP contribution in [-0.2, 0) is 4.74 Å². The Morgan fingerprint density at radius 3 is 2.89 bits per heavy atom. The molecule has 3 heterocycles. The van der Waals surface area contributed by atoms with E-state index in [9.17, 15) is 15.0 Å². The van der Waals surface area contributed by atoms with Crippen LogP contribution < -0.4 is 0 Å². The highest BCUT2D eigenvalue weighted by molar-refractivity contribution is 6.09. The second-order valence-corrected chi connectivity index (χ2v) is 4.49. The van der Waals surface area contributed by atoms with Gasteiger partial charge >= 0.3 is 0 Å². The summed E-state index contributed by atoms with van der Waals surface area (Å²) in [5.74, 6) is 0.189. The lowest BCUT2D eigenvalue weighted by Gasteiger charge is -2.17. The van der Waals surface area contributed by atoms with Gasteiger partial charge in [-0.1, -0.05) is 0 Å². The van der Waals surface area contributed by atoms with Gasteiger partial charge in [0.05, 0.1) is 18.4 Å². The number of Topliss-reactive ketones (excluding diaryl/α,β-unsaturated/α-hetero) is 1. The summed E-state index contributed by atoms with van der Waals surface area (Å²) < 4.78 is 6.60. The third-order valence-electron chi connectivity index (χ3n) is 3.32. The number of aliphatic hydroxyl groups excluding tert-OH is 3. The quantitative estimate of drug-likeness (QED) is 0.618. The molecule has 19 heavy (non-hydrogen) atoms. The molecule has 0 bridgehead atoms. The van der Waals surface area contributed by atoms with Crippen molar-refractivity contribution in [3.05, 3.63) is 11.8 Å². The molecule has 0 saturated carbocycles. The Balaban J connectivity index is 1.97. The normalized spacial score (nSPS) is 33.7. The number of hydrogen-bond acceptors (Lipinski definition) is 7. The Morgan fingerprint density at radius 1 is 1.42 bits per heavy atom. The highest BCUT2D eigenvalue weighted by Gasteiger charge is 2.45. The first-order valence-electron chi connectivity index (χ1n) is 5.89. The molecule has 3 rings (SSSR count). The Morgan fingerprint density at radius 2 is 2.21 bits per heavy atom. The van der Waals surface area contributed by atoms with Crippen LogP contribution in [-0.4, -0.2) is 62.0 Å². The molecule has 0 amide bonds. The van der Waals surface area contributed by atoms with Crippen molar-refractivity contribution in [3.63, 3.8) is 0 Å². The molecule has 1 aromatic rings. The molecule has 0 spiro atoms. The summed E-state index contributed by atoms with van der Waals surface area (Å²) in [6, 6.07) is 0. The molecule has 1 saturated heterocycles. The van der Waals surface area contributed by atoms with Gasteiger partial charge in [-0.2, -0.15) is 5.10 Å². The highest BCUT2D eigenvalue weighted by Crippen LogP contribution is 2.34. The van der Waals surface area contributed by atoms with E-state index in [0.717, 1.165) is 0 Å². The molecule has 3 N–H and O–H groups in total. The van der Waals surface area contributed by atoms with E-state index in [4.69, 9.17) is 9.84 Å². The lowest BCUT2D eigenvalue weighted by atomic mass is 10.1. The number of ketones is 1. The SMILES string of the molecule is O=C1CC=Nc2c1cnn2C1O[C@H](CO)[C@@H](O)[C@H]1O. The molecule has 2 aliphatic rings. The van der Waals surface area contributed by atoms with Crippen LogP contribution in [0.1, 0.15) is 23.0 Å². The Labute approximate surface area is 107 Å². The van der Waals surface area contributed by atoms with Crippen LogP contribution >= 0.6 is 0 Å². The van der Waals surface area contributed by atoms with E-state index < -0.39 is 31.1 Å². The van der Waals surface area contributed by atoms with Gasteiger partial charge in [-0.15, -0.1) is 0 Å². The zero-order valence-electron chi connectivity index (χ0n) is 9.88. The number of rotatable bonds is 2. The van der Waals surface area contributed by atoms with E-state index in [1.54, 1.807) is 0 Å². The average molecular weight is 267 g/mol. The minimum Gasteiger partial charge on any atom is -0.394 e. The molecule has 0 aliphatic carbocycles. The van der Waals surface area contributed by atoms with Crippen LogP contribution in [0, 0.1) is 0 Å². The van der Waals surface area contributed by atoms with E-state index in [1.165, 1.54) is 17.1 Å². The topological polar surface area (TPSA) is 117 Å². The number of ether oxygens (including phenoxy) is 1. The summed E-state index contributed by atoms with van der Waals surface area (Å²) >= 11 is 0. The summed E-state index contributed by atoms with van der Waals surface area (Å²) in [5.41, 5.74) is 0.361. The van der Waals surface area contributed by atoms with Gasteiger partial charge in [-0.05, 0) is 0 Å². The molecule has 0 aromatic carbocycles. The van der Waals surface area contributed by atoms with Crippen LogP contribution in [0.4, 0.5) is 5.82 Å². The fourth-order valence-corrected chi connectivity index (χ4v) is 2.27. The molecule has 1 aromatic heterocycles. The second-order valence-electron chi connectivity index (χ2n) is 4.49. The average Bonchev–Trinajstić information content (AvgIpc) is 2.94. The lowest BCUT2D eigenvalue weighted by Crippen LogP contribution is -2.33. The van der Waals surface area contributed by atoms with Crippen LogP contribution in [0.2, 0.25) is 0 Å². The van der Waals surface area contributed by atoms with Crippen LogP contribution in [0.15, 0.2) is 11.2 Å². The summed E-state index contributed by atoms with van der Waals surface area (Å²) in [6.07, 6.45) is -1.27. The first-order chi connectivity index (χ1) is 9.13. The number of carbonyl (C=O) groups excluding carboxylic acids is 1. The number of aliphatic hydroxyl groups is 3. The summed E-state index contributed by atoms with van der Waals surface area (Å²) in [5, 5.41) is 32.6. The number of aliphatic imine (C=N–C) groups is 1. The van der Waals surface area contributed by atoms with Crippen molar-refractivity contribution >= 4 is 17.8 Å². The number of carbonyl (C=O) groups is 1. The van der Waals surface area contributed by atoms with Crippen molar-refractivity contribution in [3.8, 4) is 0 Å². The third kappa shape index (κ3) is 1.80. The smallest absolute Gasteiger partial charge is 0.181 e. The molecule has 1 unspecified atom stereocenters. The summed E-state index contributed by atoms with van der Waals surface area (Å²) in [4.78, 5) is 15.7. The Kier molecular flexibility index (Phi) is 2.94. The summed E-state index contributed by atoms with van der Waals surface area (Å²) in [6.45, 7) is -0.416. The fourth-order valence-electron chi connectivity index (χ4n) is 2.27. The van der Waals surface area contributed by atoms with Crippen LogP contribution in [0.3, 0.4) is 0 Å². The number of nitrogens with zero attached hydrogens (tertiary/aromatic N) is 3. The maximum atomic E-state index is 11.6. The molecule has 2 aliphatic heterocycles. The first-order valence-corrected chi connectivity index (χ1v) is 5.89. The largest absolute Gasteiger partial charge is 0.394 e. The molecular weight excluding hydrogens is 254 g/mol. The predicted octanol–water partition coefficient (Wildman–Crippen LogP) is -1.22. The molecular formula is C11H13N3O5. The molecule has 8 nitrogen and oxygen atoms in total. The number of aromatic nitrogens is 2.